The van der Waals surface area contributed by atoms with Gasteiger partial charge in [0, 0.05) is 48.2 Å². The number of fused-ring (bicyclic) bond motifs is 1. The lowest BCUT2D eigenvalue weighted by atomic mass is 9.84. The number of aryl methyl sites for hydroxylation is 2. The van der Waals surface area contributed by atoms with Gasteiger partial charge in [-0.25, -0.2) is 0 Å². The fourth-order valence-electron chi connectivity index (χ4n) is 6.27. The van der Waals surface area contributed by atoms with Gasteiger partial charge >= 0.3 is 0 Å². The topological polar surface area (TPSA) is 51.4 Å². The summed E-state index contributed by atoms with van der Waals surface area (Å²) in [5.74, 6) is 0.766. The summed E-state index contributed by atoms with van der Waals surface area (Å²) in [6, 6.07) is 15.6. The molecule has 2 aromatic carbocycles. The fourth-order valence-corrected chi connectivity index (χ4v) is 6.27. The molecule has 0 spiro atoms. The van der Waals surface area contributed by atoms with Crippen molar-refractivity contribution in [2.45, 2.75) is 65.1 Å². The Hall–Kier alpha value is -2.63. The Labute approximate surface area is 203 Å². The van der Waals surface area contributed by atoms with Crippen LogP contribution in [0.25, 0.3) is 10.9 Å². The number of nitrogens with zero attached hydrogens (tertiary/aromatic N) is 2. The van der Waals surface area contributed by atoms with E-state index in [4.69, 9.17) is 0 Å². The number of aromatic amines is 1. The van der Waals surface area contributed by atoms with Crippen LogP contribution in [0.15, 0.2) is 42.5 Å². The number of amides is 1. The van der Waals surface area contributed by atoms with Gasteiger partial charge in [-0.3, -0.25) is 9.69 Å². The average Bonchev–Trinajstić information content (AvgIpc) is 3.17. The number of H-pyrrole nitrogens is 1. The summed E-state index contributed by atoms with van der Waals surface area (Å²) in [6.45, 7) is 13.2. The van der Waals surface area contributed by atoms with Crippen LogP contribution in [0.3, 0.4) is 0 Å². The Morgan fingerprint density at radius 2 is 1.59 bits per heavy atom. The van der Waals surface area contributed by atoms with Crippen LogP contribution < -0.4 is 5.32 Å². The molecule has 0 aliphatic carbocycles. The molecule has 2 N–H and O–H groups in total. The molecule has 1 aromatic heterocycles. The van der Waals surface area contributed by atoms with E-state index in [0.29, 0.717) is 18.0 Å². The molecule has 34 heavy (non-hydrogen) atoms. The van der Waals surface area contributed by atoms with E-state index in [2.05, 4.69) is 79.3 Å². The Morgan fingerprint density at radius 1 is 0.941 bits per heavy atom. The average molecular weight is 459 g/mol. The van der Waals surface area contributed by atoms with Crippen molar-refractivity contribution in [1.82, 2.24) is 20.1 Å². The molecule has 5 nitrogen and oxygen atoms in total. The minimum Gasteiger partial charge on any atom is -0.350 e. The first kappa shape index (κ1) is 23.1. The molecule has 5 rings (SSSR count). The lowest BCUT2D eigenvalue weighted by Crippen LogP contribution is -2.56. The van der Waals surface area contributed by atoms with Gasteiger partial charge in [0.05, 0.1) is 0 Å². The summed E-state index contributed by atoms with van der Waals surface area (Å²) in [7, 11) is 0. The molecule has 0 saturated carbocycles. The lowest BCUT2D eigenvalue weighted by molar-refractivity contribution is 0.0666. The predicted octanol–water partition coefficient (Wildman–Crippen LogP) is 4.99. The first-order valence-electron chi connectivity index (χ1n) is 12.8. The number of aromatic nitrogens is 1. The maximum Gasteiger partial charge on any atom is 0.270 e. The highest BCUT2D eigenvalue weighted by molar-refractivity contribution is 6.01. The van der Waals surface area contributed by atoms with Crippen LogP contribution >= 0.6 is 0 Å². The van der Waals surface area contributed by atoms with E-state index < -0.39 is 0 Å². The largest absolute Gasteiger partial charge is 0.350 e. The number of piperazine rings is 1. The molecule has 3 aromatic rings. The number of rotatable bonds is 4. The van der Waals surface area contributed by atoms with Crippen molar-refractivity contribution in [3.05, 3.63) is 70.4 Å². The van der Waals surface area contributed by atoms with Crippen molar-refractivity contribution >= 4 is 16.8 Å². The zero-order valence-corrected chi connectivity index (χ0v) is 21.0. The third-order valence-corrected chi connectivity index (χ3v) is 7.79. The summed E-state index contributed by atoms with van der Waals surface area (Å²) in [5, 5.41) is 4.72. The standard InChI is InChI=1S/C29H38N4O/c1-19-8-7-9-20(2)27(19)23-12-14-32(15-13-23)18-25-24-10-5-6-11-26(24)31-28(25)29(34)33-16-21(3)30-22(4)17-33/h5-11,21-23,30-31H,12-18H2,1-4H3. The predicted molar refractivity (Wildman–Crippen MR) is 139 cm³/mol. The zero-order valence-electron chi connectivity index (χ0n) is 21.0. The van der Waals surface area contributed by atoms with Gasteiger partial charge in [-0.15, -0.1) is 0 Å². The molecule has 2 aliphatic rings. The highest BCUT2D eigenvalue weighted by Gasteiger charge is 2.30. The number of benzene rings is 2. The number of para-hydroxylation sites is 1. The van der Waals surface area contributed by atoms with Crippen molar-refractivity contribution in [3.8, 4) is 0 Å². The Balaban J connectivity index is 1.36. The maximum atomic E-state index is 13.7. The van der Waals surface area contributed by atoms with Gasteiger partial charge in [0.1, 0.15) is 5.69 Å². The van der Waals surface area contributed by atoms with E-state index >= 15 is 0 Å². The van der Waals surface area contributed by atoms with Crippen LogP contribution in [0.5, 0.6) is 0 Å². The Bertz CT molecular complexity index is 1140. The van der Waals surface area contributed by atoms with Gasteiger partial charge in [-0.1, -0.05) is 36.4 Å². The summed E-state index contributed by atoms with van der Waals surface area (Å²) in [4.78, 5) is 21.7. The van der Waals surface area contributed by atoms with Crippen molar-refractivity contribution in [2.75, 3.05) is 26.2 Å². The number of hydrogen-bond donors (Lipinski definition) is 2. The van der Waals surface area contributed by atoms with E-state index in [-0.39, 0.29) is 5.91 Å². The van der Waals surface area contributed by atoms with Gasteiger partial charge in [0.25, 0.3) is 5.91 Å². The van der Waals surface area contributed by atoms with E-state index in [1.807, 2.05) is 11.0 Å². The lowest BCUT2D eigenvalue weighted by Gasteiger charge is -2.36. The van der Waals surface area contributed by atoms with Gasteiger partial charge < -0.3 is 15.2 Å². The number of likely N-dealkylation sites (tertiary alicyclic amines) is 1. The van der Waals surface area contributed by atoms with Crippen LogP contribution in [0.4, 0.5) is 0 Å². The summed E-state index contributed by atoms with van der Waals surface area (Å²) in [6.07, 6.45) is 2.34. The number of carbonyl (C=O) groups is 1. The minimum atomic E-state index is 0.136. The molecular formula is C29H38N4O. The molecule has 1 amide bonds. The third kappa shape index (κ3) is 4.51. The molecule has 2 unspecified atom stereocenters. The normalized spacial score (nSPS) is 22.4. The van der Waals surface area contributed by atoms with Gasteiger partial charge in [-0.2, -0.15) is 0 Å². The number of piperidine rings is 1. The Morgan fingerprint density at radius 3 is 2.26 bits per heavy atom. The molecule has 180 valence electrons. The second-order valence-electron chi connectivity index (χ2n) is 10.6. The molecule has 2 fully saturated rings. The smallest absolute Gasteiger partial charge is 0.270 e. The third-order valence-electron chi connectivity index (χ3n) is 7.79. The van der Waals surface area contributed by atoms with Crippen molar-refractivity contribution in [1.29, 1.82) is 0 Å². The monoisotopic (exact) mass is 458 g/mol. The minimum absolute atomic E-state index is 0.136. The first-order valence-corrected chi connectivity index (χ1v) is 12.8. The van der Waals surface area contributed by atoms with Gasteiger partial charge in [0.2, 0.25) is 0 Å². The molecule has 2 aliphatic heterocycles. The van der Waals surface area contributed by atoms with Crippen molar-refractivity contribution < 1.29 is 4.79 Å². The van der Waals surface area contributed by atoms with E-state index in [1.54, 1.807) is 5.56 Å². The summed E-state index contributed by atoms with van der Waals surface area (Å²) in [5.41, 5.74) is 7.38. The molecule has 0 radical (unpaired) electrons. The molecular weight excluding hydrogens is 420 g/mol. The zero-order chi connectivity index (χ0) is 23.8. The molecule has 2 saturated heterocycles. The van der Waals surface area contributed by atoms with Crippen LogP contribution in [-0.4, -0.2) is 59.0 Å². The second kappa shape index (κ2) is 9.55. The van der Waals surface area contributed by atoms with Crippen LogP contribution in [0, 0.1) is 13.8 Å². The number of nitrogens with one attached hydrogen (secondary N) is 2. The fraction of sp³-hybridized carbons (Fsp3) is 0.483. The highest BCUT2D eigenvalue weighted by atomic mass is 16.2. The summed E-state index contributed by atoms with van der Waals surface area (Å²) < 4.78 is 0. The van der Waals surface area contributed by atoms with E-state index in [1.165, 1.54) is 29.4 Å². The maximum absolute atomic E-state index is 13.7. The van der Waals surface area contributed by atoms with E-state index in [0.717, 1.165) is 49.5 Å². The molecule has 0 bridgehead atoms. The van der Waals surface area contributed by atoms with Crippen LogP contribution in [0.1, 0.15) is 65.3 Å². The highest BCUT2D eigenvalue weighted by Crippen LogP contribution is 2.34. The Kier molecular flexibility index (Phi) is 6.50. The second-order valence-corrected chi connectivity index (χ2v) is 10.6. The van der Waals surface area contributed by atoms with Gasteiger partial charge in [-0.05, 0) is 82.3 Å². The van der Waals surface area contributed by atoms with Gasteiger partial charge in [0.15, 0.2) is 0 Å². The number of carbonyl (C=O) groups excluding carboxylic acids is 1. The van der Waals surface area contributed by atoms with Crippen molar-refractivity contribution in [2.24, 2.45) is 0 Å². The SMILES string of the molecule is Cc1cccc(C)c1C1CCN(Cc2c(C(=O)N3CC(C)NC(C)C3)[nH]c3ccccc23)CC1. The number of hydrogen-bond acceptors (Lipinski definition) is 3. The molecule has 3 heterocycles. The summed E-state index contributed by atoms with van der Waals surface area (Å²) >= 11 is 0. The molecule has 2 atom stereocenters. The first-order chi connectivity index (χ1) is 16.4. The van der Waals surface area contributed by atoms with Crippen molar-refractivity contribution in [3.63, 3.8) is 0 Å². The molecule has 5 heteroatoms. The van der Waals surface area contributed by atoms with Crippen LogP contribution in [-0.2, 0) is 6.54 Å². The van der Waals surface area contributed by atoms with Crippen LogP contribution in [0.2, 0.25) is 0 Å². The van der Waals surface area contributed by atoms with E-state index in [9.17, 15) is 4.79 Å². The quantitative estimate of drug-likeness (QED) is 0.579.